The monoisotopic (exact) mass is 402 g/mol. The second kappa shape index (κ2) is 7.96. The molecule has 0 radical (unpaired) electrons. The molecule has 0 unspecified atom stereocenters. The van der Waals surface area contributed by atoms with Crippen LogP contribution in [0, 0.1) is 0 Å². The van der Waals surface area contributed by atoms with Crippen molar-refractivity contribution >= 4 is 11.8 Å². The Bertz CT molecular complexity index is 885. The highest BCUT2D eigenvalue weighted by atomic mass is 32.2. The molecule has 2 aromatic heterocycles. The van der Waals surface area contributed by atoms with E-state index < -0.39 is 0 Å². The van der Waals surface area contributed by atoms with Gasteiger partial charge in [0, 0.05) is 56.9 Å². The molecule has 9 heteroatoms. The summed E-state index contributed by atoms with van der Waals surface area (Å²) in [6.07, 6.45) is 3.33. The van der Waals surface area contributed by atoms with Gasteiger partial charge in [0.25, 0.3) is 5.56 Å². The molecule has 3 aliphatic rings. The van der Waals surface area contributed by atoms with Crippen LogP contribution in [0.1, 0.15) is 41.7 Å². The molecule has 8 nitrogen and oxygen atoms in total. The molecule has 0 spiro atoms. The normalized spacial score (nSPS) is 21.0. The number of fused-ring (bicyclic) bond motifs is 1. The van der Waals surface area contributed by atoms with Crippen molar-refractivity contribution in [2.75, 3.05) is 38.5 Å². The van der Waals surface area contributed by atoms with Crippen molar-refractivity contribution in [2.45, 2.75) is 44.0 Å². The van der Waals surface area contributed by atoms with E-state index in [0.29, 0.717) is 12.5 Å². The number of piperazine rings is 1. The summed E-state index contributed by atoms with van der Waals surface area (Å²) in [6.45, 7) is 6.23. The zero-order valence-electron chi connectivity index (χ0n) is 16.0. The van der Waals surface area contributed by atoms with Gasteiger partial charge in [-0.05, 0) is 24.2 Å². The van der Waals surface area contributed by atoms with Gasteiger partial charge in [-0.3, -0.25) is 14.6 Å². The number of hydrogen-bond donors (Lipinski definition) is 0. The summed E-state index contributed by atoms with van der Waals surface area (Å²) < 4.78 is 7.00. The summed E-state index contributed by atoms with van der Waals surface area (Å²) in [5.74, 6) is 4.15. The number of rotatable bonds is 6. The van der Waals surface area contributed by atoms with E-state index >= 15 is 0 Å². The summed E-state index contributed by atoms with van der Waals surface area (Å²) in [4.78, 5) is 21.6. The Labute approximate surface area is 168 Å². The van der Waals surface area contributed by atoms with Crippen LogP contribution in [0.4, 0.5) is 0 Å². The number of nitrogens with zero attached hydrogens (tertiary/aromatic N) is 6. The van der Waals surface area contributed by atoms with Crippen molar-refractivity contribution in [1.82, 2.24) is 29.7 Å². The van der Waals surface area contributed by atoms with Crippen LogP contribution in [-0.2, 0) is 25.3 Å². The minimum absolute atomic E-state index is 0.0310. The largest absolute Gasteiger partial charge is 0.339 e. The van der Waals surface area contributed by atoms with Gasteiger partial charge in [0.2, 0.25) is 5.89 Å². The van der Waals surface area contributed by atoms with Crippen LogP contribution in [0.5, 0.6) is 0 Å². The fourth-order valence-electron chi connectivity index (χ4n) is 3.85. The third-order valence-corrected chi connectivity index (χ3v) is 6.78. The van der Waals surface area contributed by atoms with Crippen LogP contribution < -0.4 is 5.56 Å². The van der Waals surface area contributed by atoms with Gasteiger partial charge in [-0.1, -0.05) is 5.16 Å². The second-order valence-electron chi connectivity index (χ2n) is 7.92. The van der Waals surface area contributed by atoms with E-state index in [1.165, 1.54) is 12.8 Å². The van der Waals surface area contributed by atoms with Crippen LogP contribution in [0.2, 0.25) is 0 Å². The molecular formula is C19H26N6O2S. The van der Waals surface area contributed by atoms with E-state index in [1.807, 2.05) is 11.8 Å². The maximum Gasteiger partial charge on any atom is 0.267 e. The molecule has 28 heavy (non-hydrogen) atoms. The topological polar surface area (TPSA) is 80.3 Å². The molecule has 2 aromatic rings. The maximum atomic E-state index is 12.3. The first-order valence-corrected chi connectivity index (χ1v) is 11.3. The first kappa shape index (κ1) is 18.3. The number of thioether (sulfide) groups is 1. The summed E-state index contributed by atoms with van der Waals surface area (Å²) in [5, 5.41) is 8.74. The molecule has 0 N–H and O–H groups in total. The third kappa shape index (κ3) is 4.16. The summed E-state index contributed by atoms with van der Waals surface area (Å²) in [6, 6.07) is 1.78. The molecule has 0 amide bonds. The van der Waals surface area contributed by atoms with Crippen molar-refractivity contribution in [3.05, 3.63) is 39.4 Å². The average Bonchev–Trinajstić information content (AvgIpc) is 3.47. The van der Waals surface area contributed by atoms with Crippen molar-refractivity contribution < 1.29 is 4.52 Å². The minimum atomic E-state index is 0.0310. The Morgan fingerprint density at radius 2 is 1.96 bits per heavy atom. The van der Waals surface area contributed by atoms with Crippen LogP contribution in [0.3, 0.4) is 0 Å². The Morgan fingerprint density at radius 1 is 1.14 bits per heavy atom. The van der Waals surface area contributed by atoms with Crippen molar-refractivity contribution in [2.24, 2.45) is 0 Å². The zero-order chi connectivity index (χ0) is 18.9. The first-order chi connectivity index (χ1) is 13.7. The fourth-order valence-corrected chi connectivity index (χ4v) is 4.80. The van der Waals surface area contributed by atoms with E-state index in [-0.39, 0.29) is 5.56 Å². The molecule has 0 atom stereocenters. The quantitative estimate of drug-likeness (QED) is 0.711. The molecule has 2 fully saturated rings. The molecule has 1 saturated carbocycles. The van der Waals surface area contributed by atoms with Gasteiger partial charge in [0.05, 0.1) is 18.8 Å². The Morgan fingerprint density at radius 3 is 2.79 bits per heavy atom. The summed E-state index contributed by atoms with van der Waals surface area (Å²) >= 11 is 1.88. The maximum absolute atomic E-state index is 12.3. The van der Waals surface area contributed by atoms with Crippen LogP contribution in [0.15, 0.2) is 15.4 Å². The van der Waals surface area contributed by atoms with Gasteiger partial charge in [-0.2, -0.15) is 21.8 Å². The highest BCUT2D eigenvalue weighted by molar-refractivity contribution is 7.98. The predicted octanol–water partition coefficient (Wildman–Crippen LogP) is 1.11. The van der Waals surface area contributed by atoms with Crippen LogP contribution in [0.25, 0.3) is 0 Å². The van der Waals surface area contributed by atoms with Crippen LogP contribution >= 0.6 is 11.8 Å². The van der Waals surface area contributed by atoms with Gasteiger partial charge >= 0.3 is 0 Å². The lowest BCUT2D eigenvalue weighted by Gasteiger charge is -2.34. The van der Waals surface area contributed by atoms with Gasteiger partial charge in [-0.15, -0.1) is 0 Å². The van der Waals surface area contributed by atoms with Gasteiger partial charge in [0.1, 0.15) is 0 Å². The van der Waals surface area contributed by atoms with Gasteiger partial charge in [-0.25, -0.2) is 4.68 Å². The van der Waals surface area contributed by atoms with Crippen molar-refractivity contribution in [3.8, 4) is 0 Å². The van der Waals surface area contributed by atoms with E-state index in [9.17, 15) is 4.79 Å². The molecule has 1 aliphatic carbocycles. The third-order valence-electron chi connectivity index (χ3n) is 5.77. The lowest BCUT2D eigenvalue weighted by Crippen LogP contribution is -2.47. The average molecular weight is 403 g/mol. The molecule has 4 heterocycles. The molecule has 5 rings (SSSR count). The molecule has 0 bridgehead atoms. The van der Waals surface area contributed by atoms with Crippen molar-refractivity contribution in [1.29, 1.82) is 0 Å². The van der Waals surface area contributed by atoms with E-state index in [0.717, 1.165) is 80.2 Å². The number of aromatic nitrogens is 4. The lowest BCUT2D eigenvalue weighted by atomic mass is 10.2. The lowest BCUT2D eigenvalue weighted by molar-refractivity contribution is 0.120. The highest BCUT2D eigenvalue weighted by Gasteiger charge is 2.30. The predicted molar refractivity (Wildman–Crippen MR) is 106 cm³/mol. The molecule has 1 saturated heterocycles. The molecule has 2 aliphatic heterocycles. The van der Waals surface area contributed by atoms with Gasteiger partial charge < -0.3 is 4.52 Å². The van der Waals surface area contributed by atoms with Crippen LogP contribution in [-0.4, -0.2) is 68.2 Å². The van der Waals surface area contributed by atoms with E-state index in [2.05, 4.69) is 25.0 Å². The zero-order valence-corrected chi connectivity index (χ0v) is 16.9. The standard InChI is InChI=1S/C19H26N6O2S/c26-18-11-15-13-28-10-3-16(15)21-25(18)9-8-23-4-6-24(7-5-23)12-17-20-19(27-22-17)14-1-2-14/h11,14H,1-10,12-13H2. The first-order valence-electron chi connectivity index (χ1n) is 10.2. The Balaban J connectivity index is 1.11. The summed E-state index contributed by atoms with van der Waals surface area (Å²) in [5.41, 5.74) is 2.26. The Kier molecular flexibility index (Phi) is 5.21. The van der Waals surface area contributed by atoms with Gasteiger partial charge in [0.15, 0.2) is 5.82 Å². The minimum Gasteiger partial charge on any atom is -0.339 e. The fraction of sp³-hybridized carbons (Fsp3) is 0.684. The summed E-state index contributed by atoms with van der Waals surface area (Å²) in [7, 11) is 0. The highest BCUT2D eigenvalue weighted by Crippen LogP contribution is 2.38. The molecule has 0 aromatic carbocycles. The number of hydrogen-bond acceptors (Lipinski definition) is 8. The number of aryl methyl sites for hydroxylation is 1. The van der Waals surface area contributed by atoms with Crippen molar-refractivity contribution in [3.63, 3.8) is 0 Å². The Hall–Kier alpha value is -1.71. The van der Waals surface area contributed by atoms with E-state index in [1.54, 1.807) is 10.7 Å². The van der Waals surface area contributed by atoms with E-state index in [4.69, 9.17) is 4.52 Å². The molecular weight excluding hydrogens is 376 g/mol. The SMILES string of the molecule is O=c1cc2c(nn1CCN1CCN(Cc3noc(C4CC4)n3)CC1)CCSC2. The second-order valence-corrected chi connectivity index (χ2v) is 9.03. The molecule has 150 valence electrons. The smallest absolute Gasteiger partial charge is 0.267 e.